The molecule has 2 nitrogen and oxygen atoms in total. The smallest absolute Gasteiger partial charge is 0.0964 e. The Morgan fingerprint density at radius 1 is 1.62 bits per heavy atom. The van der Waals surface area contributed by atoms with Gasteiger partial charge in [0.1, 0.15) is 0 Å². The Morgan fingerprint density at radius 3 is 3.38 bits per heavy atom. The summed E-state index contributed by atoms with van der Waals surface area (Å²) >= 11 is 0. The lowest BCUT2D eigenvalue weighted by molar-refractivity contribution is 0.671. The second-order valence-corrected chi connectivity index (χ2v) is 2.08. The Morgan fingerprint density at radius 2 is 2.62 bits per heavy atom. The molecule has 1 saturated heterocycles. The molecule has 0 aromatic heterocycles. The van der Waals surface area contributed by atoms with E-state index in [0.29, 0.717) is 6.17 Å². The minimum absolute atomic E-state index is 0.412. The molecule has 42 valence electrons. The molecular formula is C6H8N2. The van der Waals surface area contributed by atoms with E-state index in [1.165, 1.54) is 5.70 Å². The van der Waals surface area contributed by atoms with Crippen LogP contribution in [0.2, 0.25) is 0 Å². The van der Waals surface area contributed by atoms with Crippen molar-refractivity contribution in [3.05, 3.63) is 23.9 Å². The van der Waals surface area contributed by atoms with Crippen molar-refractivity contribution in [2.45, 2.75) is 6.17 Å². The fourth-order valence-corrected chi connectivity index (χ4v) is 1.03. The van der Waals surface area contributed by atoms with Crippen molar-refractivity contribution in [2.24, 2.45) is 0 Å². The number of hydrogen-bond donors (Lipinski definition) is 2. The fourth-order valence-electron chi connectivity index (χ4n) is 1.03. The maximum absolute atomic E-state index is 3.25. The molecule has 1 unspecified atom stereocenters. The maximum atomic E-state index is 3.25. The van der Waals surface area contributed by atoms with Gasteiger partial charge in [0.15, 0.2) is 0 Å². The van der Waals surface area contributed by atoms with E-state index in [1.807, 2.05) is 0 Å². The van der Waals surface area contributed by atoms with Crippen LogP contribution in [0.25, 0.3) is 0 Å². The maximum Gasteiger partial charge on any atom is 0.0964 e. The summed E-state index contributed by atoms with van der Waals surface area (Å²) in [5.41, 5.74) is 1.30. The lowest BCUT2D eigenvalue weighted by Crippen LogP contribution is -2.28. The SMILES string of the molecule is C1=CC2NCC(=C1)N2. The van der Waals surface area contributed by atoms with Gasteiger partial charge in [0, 0.05) is 12.2 Å². The first kappa shape index (κ1) is 4.15. The van der Waals surface area contributed by atoms with Crippen molar-refractivity contribution in [3.8, 4) is 0 Å². The van der Waals surface area contributed by atoms with Crippen molar-refractivity contribution >= 4 is 0 Å². The summed E-state index contributed by atoms with van der Waals surface area (Å²) in [6.07, 6.45) is 6.69. The summed E-state index contributed by atoms with van der Waals surface area (Å²) < 4.78 is 0. The van der Waals surface area contributed by atoms with Crippen molar-refractivity contribution in [3.63, 3.8) is 0 Å². The summed E-state index contributed by atoms with van der Waals surface area (Å²) in [5.74, 6) is 0. The molecule has 2 N–H and O–H groups in total. The van der Waals surface area contributed by atoms with Gasteiger partial charge >= 0.3 is 0 Å². The van der Waals surface area contributed by atoms with Crippen LogP contribution in [0, 0.1) is 0 Å². The first-order valence-electron chi connectivity index (χ1n) is 2.82. The van der Waals surface area contributed by atoms with Crippen LogP contribution >= 0.6 is 0 Å². The summed E-state index contributed by atoms with van der Waals surface area (Å²) in [4.78, 5) is 0. The van der Waals surface area contributed by atoms with Gasteiger partial charge in [-0.1, -0.05) is 6.08 Å². The van der Waals surface area contributed by atoms with Crippen LogP contribution in [-0.4, -0.2) is 12.7 Å². The van der Waals surface area contributed by atoms with Crippen molar-refractivity contribution in [2.75, 3.05) is 6.54 Å². The summed E-state index contributed by atoms with van der Waals surface area (Å²) in [6, 6.07) is 0. The predicted molar refractivity (Wildman–Crippen MR) is 32.1 cm³/mol. The minimum atomic E-state index is 0.412. The van der Waals surface area contributed by atoms with Gasteiger partial charge in [0.05, 0.1) is 6.17 Å². The molecule has 0 aromatic rings. The molecule has 0 aromatic carbocycles. The predicted octanol–water partition coefficient (Wildman–Crippen LogP) is -0.0410. The summed E-state index contributed by atoms with van der Waals surface area (Å²) in [7, 11) is 0. The Hall–Kier alpha value is -0.760. The van der Waals surface area contributed by atoms with E-state index in [-0.39, 0.29) is 0 Å². The van der Waals surface area contributed by atoms with Crippen molar-refractivity contribution in [1.82, 2.24) is 10.6 Å². The number of hydrogen-bond acceptors (Lipinski definition) is 2. The molecule has 1 atom stereocenters. The van der Waals surface area contributed by atoms with Gasteiger partial charge in [0.25, 0.3) is 0 Å². The molecule has 0 amide bonds. The Balaban J connectivity index is 2.34. The average molecular weight is 108 g/mol. The van der Waals surface area contributed by atoms with Crippen LogP contribution in [0.15, 0.2) is 23.9 Å². The highest BCUT2D eigenvalue weighted by molar-refractivity contribution is 5.24. The van der Waals surface area contributed by atoms with Crippen LogP contribution < -0.4 is 10.6 Å². The standard InChI is InChI=1S/C6H8N2/c1-2-5-4-7-6(3-1)8-5/h1-3,6-8H,4H2. The Kier molecular flexibility index (Phi) is 0.704. The molecular weight excluding hydrogens is 100 g/mol. The third-order valence-electron chi connectivity index (χ3n) is 1.45. The average Bonchev–Trinajstić information content (AvgIpc) is 2.12. The van der Waals surface area contributed by atoms with E-state index in [4.69, 9.17) is 0 Å². The molecule has 0 spiro atoms. The van der Waals surface area contributed by atoms with Crippen LogP contribution in [0.4, 0.5) is 0 Å². The molecule has 2 bridgehead atoms. The zero-order valence-electron chi connectivity index (χ0n) is 4.52. The molecule has 8 heavy (non-hydrogen) atoms. The van der Waals surface area contributed by atoms with Gasteiger partial charge in [-0.05, 0) is 12.2 Å². The number of allylic oxidation sites excluding steroid dienone is 2. The molecule has 2 heterocycles. The minimum Gasteiger partial charge on any atom is -0.369 e. The highest BCUT2D eigenvalue weighted by Crippen LogP contribution is 2.05. The van der Waals surface area contributed by atoms with Crippen molar-refractivity contribution < 1.29 is 0 Å². The first-order valence-corrected chi connectivity index (χ1v) is 2.82. The zero-order valence-corrected chi connectivity index (χ0v) is 4.52. The molecule has 0 aliphatic carbocycles. The van der Waals surface area contributed by atoms with Gasteiger partial charge < -0.3 is 5.32 Å². The lowest BCUT2D eigenvalue weighted by Gasteiger charge is -2.06. The van der Waals surface area contributed by atoms with E-state index >= 15 is 0 Å². The Labute approximate surface area is 48.3 Å². The van der Waals surface area contributed by atoms with Gasteiger partial charge in [-0.2, -0.15) is 0 Å². The van der Waals surface area contributed by atoms with E-state index in [9.17, 15) is 0 Å². The molecule has 0 saturated carbocycles. The second kappa shape index (κ2) is 1.36. The van der Waals surface area contributed by atoms with Crippen LogP contribution in [0.1, 0.15) is 0 Å². The zero-order chi connectivity index (χ0) is 5.40. The third kappa shape index (κ3) is 0.465. The molecule has 1 fully saturated rings. The largest absolute Gasteiger partial charge is 0.369 e. The van der Waals surface area contributed by atoms with Gasteiger partial charge in [-0.15, -0.1) is 0 Å². The second-order valence-electron chi connectivity index (χ2n) is 2.08. The number of nitrogens with one attached hydrogen (secondary N) is 2. The fraction of sp³-hybridized carbons (Fsp3) is 0.333. The Bertz CT molecular complexity index is 158. The van der Waals surface area contributed by atoms with Crippen LogP contribution in [0.3, 0.4) is 0 Å². The van der Waals surface area contributed by atoms with Gasteiger partial charge in [0.2, 0.25) is 0 Å². The topological polar surface area (TPSA) is 24.1 Å². The molecule has 2 heteroatoms. The summed E-state index contributed by atoms with van der Waals surface area (Å²) in [6.45, 7) is 0.998. The molecule has 2 aliphatic rings. The lowest BCUT2D eigenvalue weighted by atomic mass is 10.3. The highest BCUT2D eigenvalue weighted by Gasteiger charge is 2.15. The highest BCUT2D eigenvalue weighted by atomic mass is 15.2. The van der Waals surface area contributed by atoms with Crippen molar-refractivity contribution in [1.29, 1.82) is 0 Å². The van der Waals surface area contributed by atoms with E-state index in [1.54, 1.807) is 0 Å². The quantitative estimate of drug-likeness (QED) is 0.455. The van der Waals surface area contributed by atoms with E-state index in [0.717, 1.165) is 6.54 Å². The van der Waals surface area contributed by atoms with Gasteiger partial charge in [-0.3, -0.25) is 5.32 Å². The van der Waals surface area contributed by atoms with E-state index < -0.39 is 0 Å². The monoisotopic (exact) mass is 108 g/mol. The number of rotatable bonds is 0. The summed E-state index contributed by atoms with van der Waals surface area (Å²) in [5, 5.41) is 6.51. The molecule has 0 radical (unpaired) electrons. The van der Waals surface area contributed by atoms with Crippen LogP contribution in [0.5, 0.6) is 0 Å². The van der Waals surface area contributed by atoms with E-state index in [2.05, 4.69) is 28.9 Å². The number of dihydropyridines is 1. The number of fused-ring (bicyclic) bond motifs is 2. The molecule has 2 aliphatic heterocycles. The van der Waals surface area contributed by atoms with Crippen LogP contribution in [-0.2, 0) is 0 Å². The first-order chi connectivity index (χ1) is 3.95. The third-order valence-corrected chi connectivity index (χ3v) is 1.45. The normalized spacial score (nSPS) is 32.0. The van der Waals surface area contributed by atoms with Gasteiger partial charge in [-0.25, -0.2) is 0 Å². The molecule has 2 rings (SSSR count).